The second-order valence-electron chi connectivity index (χ2n) is 14.3. The molecule has 1 aliphatic rings. The lowest BCUT2D eigenvalue weighted by atomic mass is 10.0. The van der Waals surface area contributed by atoms with Gasteiger partial charge >= 0.3 is 0 Å². The molecule has 0 spiro atoms. The van der Waals surface area contributed by atoms with Gasteiger partial charge in [0, 0.05) is 16.7 Å². The van der Waals surface area contributed by atoms with E-state index in [9.17, 15) is 0 Å². The first-order valence-corrected chi connectivity index (χ1v) is 19.9. The molecule has 1 aliphatic carbocycles. The molecule has 3 aromatic carbocycles. The highest BCUT2D eigenvalue weighted by atomic mass is 15.0. The first kappa shape index (κ1) is 36.3. The summed E-state index contributed by atoms with van der Waals surface area (Å²) in [5.74, 6) is 0.642. The van der Waals surface area contributed by atoms with Crippen molar-refractivity contribution in [2.75, 3.05) is 0 Å². The van der Waals surface area contributed by atoms with Gasteiger partial charge in [-0.3, -0.25) is 0 Å². The molecule has 9 aromatic rings. The van der Waals surface area contributed by atoms with Crippen molar-refractivity contribution in [1.29, 1.82) is 0 Å². The number of allylic oxidation sites excluding steroid dienone is 4. The van der Waals surface area contributed by atoms with Crippen molar-refractivity contribution < 1.29 is 0 Å². The summed E-state index contributed by atoms with van der Waals surface area (Å²) in [6.45, 7) is 0. The highest BCUT2D eigenvalue weighted by Gasteiger charge is 2.19. The number of hydrogen-bond acceptors (Lipinski definition) is 8. The Morgan fingerprint density at radius 3 is 0.967 bits per heavy atom. The molecule has 0 unspecified atom stereocenters. The van der Waals surface area contributed by atoms with Crippen LogP contribution in [0, 0.1) is 0 Å². The molecule has 10 rings (SSSR count). The molecule has 0 aliphatic heterocycles. The third-order valence-electron chi connectivity index (χ3n) is 10.2. The highest BCUT2D eigenvalue weighted by molar-refractivity contribution is 5.75. The number of nitrogens with zero attached hydrogens (tertiary/aromatic N) is 8. The van der Waals surface area contributed by atoms with E-state index in [2.05, 4.69) is 30.4 Å². The largest absolute Gasteiger partial charge is 0.246 e. The van der Waals surface area contributed by atoms with E-state index in [1.165, 1.54) is 5.57 Å². The minimum Gasteiger partial charge on any atom is -0.246 e. The van der Waals surface area contributed by atoms with E-state index in [0.717, 1.165) is 52.3 Å². The van der Waals surface area contributed by atoms with Gasteiger partial charge in [-0.05, 0) is 79.1 Å². The summed E-state index contributed by atoms with van der Waals surface area (Å²) in [4.78, 5) is 41.0. The van der Waals surface area contributed by atoms with Gasteiger partial charge in [-0.25, -0.2) is 39.9 Å². The maximum absolute atomic E-state index is 5.17. The predicted molar refractivity (Wildman–Crippen MR) is 239 cm³/mol. The monoisotopic (exact) mass is 772 g/mol. The Labute approximate surface area is 347 Å². The van der Waals surface area contributed by atoms with Crippen LogP contribution in [0.3, 0.4) is 0 Å². The summed E-state index contributed by atoms with van der Waals surface area (Å²) >= 11 is 0. The van der Waals surface area contributed by atoms with Crippen LogP contribution < -0.4 is 0 Å². The van der Waals surface area contributed by atoms with Crippen LogP contribution in [0.25, 0.3) is 96.5 Å². The minimum absolute atomic E-state index is 0.319. The van der Waals surface area contributed by atoms with Gasteiger partial charge in [0.2, 0.25) is 0 Å². The third-order valence-corrected chi connectivity index (χ3v) is 10.2. The Kier molecular flexibility index (Phi) is 9.91. The molecule has 0 radical (unpaired) electrons. The summed E-state index contributed by atoms with van der Waals surface area (Å²) in [6, 6.07) is 58.2. The molecule has 0 fully saturated rings. The second-order valence-corrected chi connectivity index (χ2v) is 14.3. The van der Waals surface area contributed by atoms with Gasteiger partial charge in [0.1, 0.15) is 0 Å². The van der Waals surface area contributed by atoms with Crippen LogP contribution >= 0.6 is 0 Å². The molecule has 0 amide bonds. The molecule has 8 heteroatoms. The van der Waals surface area contributed by atoms with Crippen LogP contribution in [-0.2, 0) is 0 Å². The smallest absolute Gasteiger partial charge is 0.199 e. The van der Waals surface area contributed by atoms with E-state index in [4.69, 9.17) is 39.9 Å². The van der Waals surface area contributed by atoms with Crippen LogP contribution in [0.2, 0.25) is 0 Å². The fourth-order valence-corrected chi connectivity index (χ4v) is 7.23. The standard InChI is InChI=1S/C52H36N8/c1-5-17-35(18-6-1)39-25-13-29-43(53-39)47-33-48(44-30-14-26-40(54-44)36-19-7-2-8-20-36)58-51(57-47)52-59-49(45-31-15-27-41(55-45)37-21-9-3-10-22-37)34-50(60-52)46-32-16-28-42(56-46)38-23-11-4-12-24-38/h1-11,13-23,25-34H,12,24H2. The lowest BCUT2D eigenvalue weighted by molar-refractivity contribution is 1.03. The summed E-state index contributed by atoms with van der Waals surface area (Å²) in [6.07, 6.45) is 8.30. The number of pyridine rings is 4. The van der Waals surface area contributed by atoms with Crippen molar-refractivity contribution in [1.82, 2.24) is 39.9 Å². The van der Waals surface area contributed by atoms with Gasteiger partial charge in [0.25, 0.3) is 0 Å². The van der Waals surface area contributed by atoms with Crippen molar-refractivity contribution in [3.05, 3.63) is 200 Å². The molecule has 0 atom stereocenters. The van der Waals surface area contributed by atoms with Crippen molar-refractivity contribution >= 4 is 5.57 Å². The first-order chi connectivity index (χ1) is 29.7. The van der Waals surface area contributed by atoms with Gasteiger partial charge in [0.15, 0.2) is 11.6 Å². The Morgan fingerprint density at radius 2 is 0.617 bits per heavy atom. The summed E-state index contributed by atoms with van der Waals surface area (Å²) in [7, 11) is 0. The first-order valence-electron chi connectivity index (χ1n) is 19.9. The number of rotatable bonds is 9. The second kappa shape index (κ2) is 16.4. The predicted octanol–water partition coefficient (Wildman–Crippen LogP) is 11.9. The van der Waals surface area contributed by atoms with Crippen molar-refractivity contribution in [3.8, 4) is 91.0 Å². The van der Waals surface area contributed by atoms with Crippen LogP contribution in [-0.4, -0.2) is 39.9 Å². The molecule has 6 aromatic heterocycles. The zero-order valence-corrected chi connectivity index (χ0v) is 32.5. The molecule has 60 heavy (non-hydrogen) atoms. The zero-order chi connectivity index (χ0) is 40.1. The summed E-state index contributed by atoms with van der Waals surface area (Å²) in [5, 5.41) is 0. The van der Waals surface area contributed by atoms with E-state index in [1.54, 1.807) is 0 Å². The van der Waals surface area contributed by atoms with E-state index in [0.29, 0.717) is 57.2 Å². The lowest BCUT2D eigenvalue weighted by Crippen LogP contribution is -2.04. The Morgan fingerprint density at radius 1 is 0.283 bits per heavy atom. The fourth-order valence-electron chi connectivity index (χ4n) is 7.23. The molecule has 0 N–H and O–H groups in total. The number of hydrogen-bond donors (Lipinski definition) is 0. The van der Waals surface area contributed by atoms with E-state index in [-0.39, 0.29) is 0 Å². The molecule has 284 valence electrons. The molecular weight excluding hydrogens is 737 g/mol. The van der Waals surface area contributed by atoms with Crippen molar-refractivity contribution in [3.63, 3.8) is 0 Å². The molecule has 6 heterocycles. The average molecular weight is 773 g/mol. The average Bonchev–Trinajstić information content (AvgIpc) is 3.35. The van der Waals surface area contributed by atoms with Crippen LogP contribution in [0.15, 0.2) is 194 Å². The third kappa shape index (κ3) is 7.77. The zero-order valence-electron chi connectivity index (χ0n) is 32.5. The van der Waals surface area contributed by atoms with Gasteiger partial charge in [-0.15, -0.1) is 0 Å². The SMILES string of the molecule is C1=CCCC(c2cccc(-c3cc(-c4cccc(-c5ccccc5)n4)nc(-c4nc(-c5cccc(-c6ccccc6)n5)cc(-c5cccc(-c6ccccc6)n5)n4)n3)n2)=C1. The van der Waals surface area contributed by atoms with E-state index in [1.807, 2.05) is 164 Å². The number of aromatic nitrogens is 8. The Bertz CT molecular complexity index is 2940. The topological polar surface area (TPSA) is 103 Å². The maximum Gasteiger partial charge on any atom is 0.199 e. The van der Waals surface area contributed by atoms with E-state index < -0.39 is 0 Å². The van der Waals surface area contributed by atoms with Crippen LogP contribution in [0.1, 0.15) is 18.5 Å². The minimum atomic E-state index is 0.319. The van der Waals surface area contributed by atoms with Gasteiger partial charge in [0.05, 0.1) is 68.3 Å². The Balaban J connectivity index is 1.17. The summed E-state index contributed by atoms with van der Waals surface area (Å²) in [5.41, 5.74) is 12.8. The molecule has 0 bridgehead atoms. The fraction of sp³-hybridized carbons (Fsp3) is 0.0385. The quantitative estimate of drug-likeness (QED) is 0.143. The Hall–Kier alpha value is -8.10. The van der Waals surface area contributed by atoms with Crippen molar-refractivity contribution in [2.24, 2.45) is 0 Å². The molecule has 8 nitrogen and oxygen atoms in total. The number of benzene rings is 3. The van der Waals surface area contributed by atoms with Gasteiger partial charge in [-0.1, -0.05) is 133 Å². The molecule has 0 saturated carbocycles. The normalized spacial score (nSPS) is 12.2. The van der Waals surface area contributed by atoms with E-state index >= 15 is 0 Å². The highest BCUT2D eigenvalue weighted by Crippen LogP contribution is 2.32. The van der Waals surface area contributed by atoms with Crippen LogP contribution in [0.4, 0.5) is 0 Å². The van der Waals surface area contributed by atoms with Crippen LogP contribution in [0.5, 0.6) is 0 Å². The van der Waals surface area contributed by atoms with Crippen molar-refractivity contribution in [2.45, 2.75) is 12.8 Å². The molecular formula is C52H36N8. The maximum atomic E-state index is 5.17. The summed E-state index contributed by atoms with van der Waals surface area (Å²) < 4.78 is 0. The molecule has 0 saturated heterocycles. The lowest BCUT2D eigenvalue weighted by Gasteiger charge is -2.13. The van der Waals surface area contributed by atoms with Gasteiger partial charge < -0.3 is 0 Å². The van der Waals surface area contributed by atoms with Gasteiger partial charge in [-0.2, -0.15) is 0 Å².